The van der Waals surface area contributed by atoms with Crippen molar-refractivity contribution in [2.75, 3.05) is 7.11 Å². The van der Waals surface area contributed by atoms with Gasteiger partial charge in [0.1, 0.15) is 11.6 Å². The van der Waals surface area contributed by atoms with Crippen molar-refractivity contribution in [3.63, 3.8) is 0 Å². The second kappa shape index (κ2) is 8.26. The highest BCUT2D eigenvalue weighted by Crippen LogP contribution is 2.29. The zero-order valence-corrected chi connectivity index (χ0v) is 14.7. The smallest absolute Gasteiger partial charge is 0.417 e. The number of halogens is 4. The summed E-state index contributed by atoms with van der Waals surface area (Å²) in [7, 11) is 1.25. The number of alkyl halides is 3. The fourth-order valence-corrected chi connectivity index (χ4v) is 2.39. The minimum atomic E-state index is -4.70. The first kappa shape index (κ1) is 20.5. The third-order valence-electron chi connectivity index (χ3n) is 3.55. The van der Waals surface area contributed by atoms with E-state index in [0.29, 0.717) is 28.0 Å². The SMILES string of the molecule is COC(=O)c1ccc(CNC(=O)Cn2cc(C(F)(F)F)cc(Cl)c2=O)cc1. The summed E-state index contributed by atoms with van der Waals surface area (Å²) in [5, 5.41) is 1.85. The van der Waals surface area contributed by atoms with E-state index in [1.807, 2.05) is 0 Å². The molecule has 1 aromatic carbocycles. The Morgan fingerprint density at radius 1 is 1.22 bits per heavy atom. The van der Waals surface area contributed by atoms with E-state index in [-0.39, 0.29) is 6.54 Å². The molecule has 0 aliphatic rings. The maximum Gasteiger partial charge on any atom is 0.417 e. The lowest BCUT2D eigenvalue weighted by Gasteiger charge is -2.12. The Kier molecular flexibility index (Phi) is 6.27. The maximum absolute atomic E-state index is 12.8. The van der Waals surface area contributed by atoms with Crippen LogP contribution in [0.2, 0.25) is 5.02 Å². The van der Waals surface area contributed by atoms with Gasteiger partial charge in [-0.05, 0) is 23.8 Å². The number of hydrogen-bond donors (Lipinski definition) is 1. The first-order valence-corrected chi connectivity index (χ1v) is 7.90. The van der Waals surface area contributed by atoms with Gasteiger partial charge in [0.25, 0.3) is 5.56 Å². The largest absolute Gasteiger partial charge is 0.465 e. The summed E-state index contributed by atoms with van der Waals surface area (Å²) in [5.41, 5.74) is -1.05. The van der Waals surface area contributed by atoms with E-state index < -0.39 is 40.7 Å². The first-order valence-electron chi connectivity index (χ1n) is 7.53. The predicted molar refractivity (Wildman–Crippen MR) is 90.3 cm³/mol. The van der Waals surface area contributed by atoms with E-state index >= 15 is 0 Å². The molecule has 27 heavy (non-hydrogen) atoms. The molecule has 0 aliphatic heterocycles. The van der Waals surface area contributed by atoms with Gasteiger partial charge in [-0.15, -0.1) is 0 Å². The van der Waals surface area contributed by atoms with Crippen molar-refractivity contribution in [2.24, 2.45) is 0 Å². The van der Waals surface area contributed by atoms with Crippen LogP contribution >= 0.6 is 11.6 Å². The van der Waals surface area contributed by atoms with Crippen LogP contribution in [0.1, 0.15) is 21.5 Å². The molecule has 1 N–H and O–H groups in total. The van der Waals surface area contributed by atoms with E-state index in [9.17, 15) is 27.6 Å². The van der Waals surface area contributed by atoms with Crippen molar-refractivity contribution >= 4 is 23.5 Å². The van der Waals surface area contributed by atoms with Gasteiger partial charge in [-0.2, -0.15) is 13.2 Å². The van der Waals surface area contributed by atoms with E-state index in [4.69, 9.17) is 11.6 Å². The number of carbonyl (C=O) groups is 2. The third kappa shape index (κ3) is 5.33. The van der Waals surface area contributed by atoms with Gasteiger partial charge in [0, 0.05) is 12.7 Å². The number of nitrogens with one attached hydrogen (secondary N) is 1. The Bertz CT molecular complexity index is 908. The van der Waals surface area contributed by atoms with Gasteiger partial charge in [0.05, 0.1) is 18.2 Å². The molecule has 2 aromatic rings. The Hall–Kier alpha value is -2.81. The Labute approximate surface area is 156 Å². The standard InChI is InChI=1S/C17H14ClF3N2O4/c1-27-16(26)11-4-2-10(3-5-11)7-22-14(24)9-23-8-12(17(19,20)21)6-13(18)15(23)25/h2-6,8H,7,9H2,1H3,(H,22,24). The number of ether oxygens (including phenoxy) is 1. The fourth-order valence-electron chi connectivity index (χ4n) is 2.16. The maximum atomic E-state index is 12.8. The number of methoxy groups -OCH3 is 1. The van der Waals surface area contributed by atoms with Crippen molar-refractivity contribution in [2.45, 2.75) is 19.3 Å². The summed E-state index contributed by atoms with van der Waals surface area (Å²) in [4.78, 5) is 35.1. The average molecular weight is 403 g/mol. The summed E-state index contributed by atoms with van der Waals surface area (Å²) < 4.78 is 43.5. The van der Waals surface area contributed by atoms with E-state index in [2.05, 4.69) is 10.1 Å². The molecule has 6 nitrogen and oxygen atoms in total. The third-order valence-corrected chi connectivity index (χ3v) is 3.82. The first-order chi connectivity index (χ1) is 12.6. The molecule has 1 amide bonds. The van der Waals surface area contributed by atoms with E-state index in [1.165, 1.54) is 19.2 Å². The van der Waals surface area contributed by atoms with Crippen molar-refractivity contribution in [1.29, 1.82) is 0 Å². The number of benzene rings is 1. The minimum absolute atomic E-state index is 0.0573. The minimum Gasteiger partial charge on any atom is -0.465 e. The van der Waals surface area contributed by atoms with Crippen LogP contribution in [0.25, 0.3) is 0 Å². The molecule has 0 bridgehead atoms. The molecule has 0 aliphatic carbocycles. The molecule has 0 radical (unpaired) electrons. The number of carbonyl (C=O) groups excluding carboxylic acids is 2. The lowest BCUT2D eigenvalue weighted by atomic mass is 10.1. The lowest BCUT2D eigenvalue weighted by molar-refractivity contribution is -0.138. The molecule has 0 atom stereocenters. The average Bonchev–Trinajstić information content (AvgIpc) is 2.62. The number of pyridine rings is 1. The van der Waals surface area contributed by atoms with Crippen molar-refractivity contribution < 1.29 is 27.5 Å². The number of nitrogens with zero attached hydrogens (tertiary/aromatic N) is 1. The Morgan fingerprint density at radius 3 is 2.41 bits per heavy atom. The summed E-state index contributed by atoms with van der Waals surface area (Å²) in [5.74, 6) is -1.18. The monoisotopic (exact) mass is 402 g/mol. The predicted octanol–water partition coefficient (Wildman–Crippen LogP) is 2.62. The van der Waals surface area contributed by atoms with Crippen LogP contribution in [0.4, 0.5) is 13.2 Å². The Balaban J connectivity index is 2.05. The van der Waals surface area contributed by atoms with E-state index in [1.54, 1.807) is 12.1 Å². The molecule has 0 saturated carbocycles. The van der Waals surface area contributed by atoms with Crippen LogP contribution in [0.3, 0.4) is 0 Å². The van der Waals surface area contributed by atoms with Crippen LogP contribution < -0.4 is 10.9 Å². The zero-order chi connectivity index (χ0) is 20.2. The summed E-state index contributed by atoms with van der Waals surface area (Å²) in [6.07, 6.45) is -4.16. The number of esters is 1. The van der Waals surface area contributed by atoms with Crippen LogP contribution in [-0.2, 0) is 28.8 Å². The molecule has 1 aromatic heterocycles. The molecular formula is C17H14ClF3N2O4. The van der Waals surface area contributed by atoms with Gasteiger partial charge in [-0.25, -0.2) is 4.79 Å². The van der Waals surface area contributed by atoms with Crippen LogP contribution in [0.5, 0.6) is 0 Å². The number of rotatable bonds is 5. The van der Waals surface area contributed by atoms with Gasteiger partial charge in [-0.3, -0.25) is 9.59 Å². The van der Waals surface area contributed by atoms with Gasteiger partial charge >= 0.3 is 12.1 Å². The zero-order valence-electron chi connectivity index (χ0n) is 14.0. The van der Waals surface area contributed by atoms with Gasteiger partial charge in [-0.1, -0.05) is 23.7 Å². The lowest BCUT2D eigenvalue weighted by Crippen LogP contribution is -2.32. The van der Waals surface area contributed by atoms with Crippen LogP contribution in [0.15, 0.2) is 41.3 Å². The van der Waals surface area contributed by atoms with Gasteiger partial charge in [0.2, 0.25) is 5.91 Å². The number of aromatic nitrogens is 1. The normalized spacial score (nSPS) is 11.1. The van der Waals surface area contributed by atoms with E-state index in [0.717, 1.165) is 0 Å². The van der Waals surface area contributed by atoms with Crippen LogP contribution in [-0.4, -0.2) is 23.6 Å². The summed E-state index contributed by atoms with van der Waals surface area (Å²) in [6, 6.07) is 6.69. The second-order valence-corrected chi connectivity index (χ2v) is 5.88. The molecule has 0 fully saturated rings. The molecule has 1 heterocycles. The second-order valence-electron chi connectivity index (χ2n) is 5.47. The highest BCUT2D eigenvalue weighted by atomic mass is 35.5. The van der Waals surface area contributed by atoms with Crippen molar-refractivity contribution in [3.8, 4) is 0 Å². The Morgan fingerprint density at radius 2 is 1.85 bits per heavy atom. The molecule has 10 heteroatoms. The van der Waals surface area contributed by atoms with Crippen molar-refractivity contribution in [3.05, 3.63) is 68.6 Å². The molecule has 0 unspecified atom stereocenters. The van der Waals surface area contributed by atoms with Gasteiger partial charge < -0.3 is 14.6 Å². The molecule has 0 spiro atoms. The summed E-state index contributed by atoms with van der Waals surface area (Å²) in [6.45, 7) is -0.565. The molecular weight excluding hydrogens is 389 g/mol. The highest BCUT2D eigenvalue weighted by molar-refractivity contribution is 6.30. The quantitative estimate of drug-likeness (QED) is 0.780. The highest BCUT2D eigenvalue weighted by Gasteiger charge is 2.32. The topological polar surface area (TPSA) is 77.4 Å². The number of amides is 1. The molecule has 144 valence electrons. The number of hydrogen-bond acceptors (Lipinski definition) is 4. The molecule has 2 rings (SSSR count). The fraction of sp³-hybridized carbons (Fsp3) is 0.235. The molecule has 0 saturated heterocycles. The van der Waals surface area contributed by atoms with Crippen LogP contribution in [0, 0.1) is 0 Å². The van der Waals surface area contributed by atoms with Gasteiger partial charge in [0.15, 0.2) is 0 Å². The van der Waals surface area contributed by atoms with Crippen molar-refractivity contribution in [1.82, 2.24) is 9.88 Å². The summed E-state index contributed by atoms with van der Waals surface area (Å²) >= 11 is 5.53.